The molecule has 0 heterocycles. The van der Waals surface area contributed by atoms with E-state index in [4.69, 9.17) is 10.5 Å². The third kappa shape index (κ3) is 5.37. The summed E-state index contributed by atoms with van der Waals surface area (Å²) in [5, 5.41) is 0. The minimum Gasteiger partial charge on any atom is -0.493 e. The highest BCUT2D eigenvalue weighted by Crippen LogP contribution is 2.15. The maximum Gasteiger partial charge on any atom is 0.121 e. The number of benzene rings is 1. The van der Waals surface area contributed by atoms with E-state index in [0.717, 1.165) is 22.9 Å². The predicted octanol–water partition coefficient (Wildman–Crippen LogP) is 2.96. The van der Waals surface area contributed by atoms with Crippen LogP contribution in [0.4, 0.5) is 5.69 Å². The molecule has 2 N–H and O–H groups in total. The van der Waals surface area contributed by atoms with Crippen LogP contribution in [-0.2, 0) is 0 Å². The normalized spacial score (nSPS) is 9.93. The highest BCUT2D eigenvalue weighted by molar-refractivity contribution is 7.99. The molecule has 3 heteroatoms. The lowest BCUT2D eigenvalue weighted by atomic mass is 10.3. The molecule has 15 heavy (non-hydrogen) atoms. The lowest BCUT2D eigenvalue weighted by Crippen LogP contribution is -2.01. The molecule has 0 atom stereocenters. The number of nitrogens with two attached hydrogens (primary N) is 1. The summed E-state index contributed by atoms with van der Waals surface area (Å²) >= 11 is 1.83. The van der Waals surface area contributed by atoms with E-state index < -0.39 is 0 Å². The van der Waals surface area contributed by atoms with E-state index in [-0.39, 0.29) is 0 Å². The van der Waals surface area contributed by atoms with Crippen molar-refractivity contribution >= 4 is 17.4 Å². The molecule has 0 aliphatic heterocycles. The SMILES string of the molecule is C=C(C)CSCCOc1cccc(N)c1. The van der Waals surface area contributed by atoms with Crippen LogP contribution in [0.25, 0.3) is 0 Å². The maximum absolute atomic E-state index is 5.63. The van der Waals surface area contributed by atoms with Crippen LogP contribution in [0.3, 0.4) is 0 Å². The first-order valence-corrected chi connectivity index (χ1v) is 6.04. The molecule has 0 spiro atoms. The zero-order valence-corrected chi connectivity index (χ0v) is 9.85. The van der Waals surface area contributed by atoms with Gasteiger partial charge in [-0.15, -0.1) is 0 Å². The summed E-state index contributed by atoms with van der Waals surface area (Å²) < 4.78 is 5.54. The van der Waals surface area contributed by atoms with Gasteiger partial charge in [-0.25, -0.2) is 0 Å². The molecule has 1 aromatic carbocycles. The molecule has 0 radical (unpaired) electrons. The van der Waals surface area contributed by atoms with Crippen molar-refractivity contribution < 1.29 is 4.74 Å². The lowest BCUT2D eigenvalue weighted by Gasteiger charge is -2.06. The molecule has 0 amide bonds. The van der Waals surface area contributed by atoms with Gasteiger partial charge in [-0.1, -0.05) is 18.2 Å². The largest absolute Gasteiger partial charge is 0.493 e. The van der Waals surface area contributed by atoms with E-state index in [9.17, 15) is 0 Å². The number of anilines is 1. The van der Waals surface area contributed by atoms with Gasteiger partial charge < -0.3 is 10.5 Å². The molecule has 82 valence electrons. The van der Waals surface area contributed by atoms with Crippen LogP contribution in [0, 0.1) is 0 Å². The molecule has 0 fully saturated rings. The molecule has 1 aromatic rings. The smallest absolute Gasteiger partial charge is 0.121 e. The fourth-order valence-corrected chi connectivity index (χ4v) is 1.76. The lowest BCUT2D eigenvalue weighted by molar-refractivity contribution is 0.344. The first-order chi connectivity index (χ1) is 7.18. The highest BCUT2D eigenvalue weighted by Gasteiger charge is 1.94. The van der Waals surface area contributed by atoms with Gasteiger partial charge >= 0.3 is 0 Å². The number of hydrogen-bond acceptors (Lipinski definition) is 3. The number of ether oxygens (including phenoxy) is 1. The Labute approximate surface area is 95.5 Å². The Balaban J connectivity index is 2.17. The van der Waals surface area contributed by atoms with Crippen molar-refractivity contribution in [2.45, 2.75) is 6.92 Å². The van der Waals surface area contributed by atoms with Crippen molar-refractivity contribution in [1.29, 1.82) is 0 Å². The van der Waals surface area contributed by atoms with E-state index in [1.165, 1.54) is 5.57 Å². The maximum atomic E-state index is 5.63. The van der Waals surface area contributed by atoms with Crippen LogP contribution in [0.2, 0.25) is 0 Å². The molecule has 0 saturated carbocycles. The second-order valence-electron chi connectivity index (χ2n) is 3.43. The minimum absolute atomic E-state index is 0.710. The van der Waals surface area contributed by atoms with Gasteiger partial charge in [0.1, 0.15) is 5.75 Å². The van der Waals surface area contributed by atoms with Gasteiger partial charge in [0, 0.05) is 23.3 Å². The minimum atomic E-state index is 0.710. The van der Waals surface area contributed by atoms with E-state index in [0.29, 0.717) is 6.61 Å². The molecule has 0 aliphatic carbocycles. The quantitative estimate of drug-likeness (QED) is 0.457. The topological polar surface area (TPSA) is 35.2 Å². The van der Waals surface area contributed by atoms with E-state index >= 15 is 0 Å². The highest BCUT2D eigenvalue weighted by atomic mass is 32.2. The third-order valence-electron chi connectivity index (χ3n) is 1.70. The van der Waals surface area contributed by atoms with Gasteiger partial charge in [-0.05, 0) is 19.1 Å². The Hall–Kier alpha value is -1.09. The summed E-state index contributed by atoms with van der Waals surface area (Å²) in [5.41, 5.74) is 7.57. The van der Waals surface area contributed by atoms with Crippen molar-refractivity contribution in [3.63, 3.8) is 0 Å². The fourth-order valence-electron chi connectivity index (χ4n) is 1.07. The summed E-state index contributed by atoms with van der Waals surface area (Å²) in [6.45, 7) is 6.59. The zero-order valence-electron chi connectivity index (χ0n) is 9.03. The molecule has 0 aliphatic rings. The number of hydrogen-bond donors (Lipinski definition) is 1. The Morgan fingerprint density at radius 2 is 2.33 bits per heavy atom. The van der Waals surface area contributed by atoms with Crippen LogP contribution in [0.5, 0.6) is 5.75 Å². The number of rotatable bonds is 6. The number of nitrogen functional groups attached to an aromatic ring is 1. The van der Waals surface area contributed by atoms with Gasteiger partial charge in [0.05, 0.1) is 6.61 Å². The van der Waals surface area contributed by atoms with Crippen molar-refractivity contribution in [1.82, 2.24) is 0 Å². The molecular formula is C12H17NOS. The van der Waals surface area contributed by atoms with Crippen LogP contribution >= 0.6 is 11.8 Å². The zero-order chi connectivity index (χ0) is 11.1. The third-order valence-corrected chi connectivity index (χ3v) is 2.86. The van der Waals surface area contributed by atoms with Crippen LogP contribution in [0.1, 0.15) is 6.92 Å². The Morgan fingerprint density at radius 1 is 1.53 bits per heavy atom. The summed E-state index contributed by atoms with van der Waals surface area (Å²) in [7, 11) is 0. The van der Waals surface area contributed by atoms with Crippen LogP contribution in [0.15, 0.2) is 36.4 Å². The summed E-state index contributed by atoms with van der Waals surface area (Å²) in [6.07, 6.45) is 0. The Morgan fingerprint density at radius 3 is 3.00 bits per heavy atom. The second kappa shape index (κ2) is 6.40. The van der Waals surface area contributed by atoms with Gasteiger partial charge in [-0.3, -0.25) is 0 Å². The average molecular weight is 223 g/mol. The number of thioether (sulfide) groups is 1. The monoisotopic (exact) mass is 223 g/mol. The van der Waals surface area contributed by atoms with E-state index in [1.54, 1.807) is 0 Å². The molecular weight excluding hydrogens is 206 g/mol. The van der Waals surface area contributed by atoms with Crippen molar-refractivity contribution in [3.8, 4) is 5.75 Å². The van der Waals surface area contributed by atoms with Crippen molar-refractivity contribution in [2.24, 2.45) is 0 Å². The standard InChI is InChI=1S/C12H17NOS/c1-10(2)9-15-7-6-14-12-5-3-4-11(13)8-12/h3-5,8H,1,6-7,9,13H2,2H3. The van der Waals surface area contributed by atoms with Crippen molar-refractivity contribution in [2.75, 3.05) is 23.8 Å². The van der Waals surface area contributed by atoms with Crippen molar-refractivity contribution in [3.05, 3.63) is 36.4 Å². The summed E-state index contributed by atoms with van der Waals surface area (Å²) in [4.78, 5) is 0. The fraction of sp³-hybridized carbons (Fsp3) is 0.333. The molecule has 2 nitrogen and oxygen atoms in total. The first kappa shape index (κ1) is 12.0. The average Bonchev–Trinajstić information content (AvgIpc) is 2.17. The van der Waals surface area contributed by atoms with Gasteiger partial charge in [-0.2, -0.15) is 11.8 Å². The molecule has 1 rings (SSSR count). The Bertz CT molecular complexity index is 325. The summed E-state index contributed by atoms with van der Waals surface area (Å²) in [6, 6.07) is 7.50. The summed E-state index contributed by atoms with van der Waals surface area (Å²) in [5.74, 6) is 2.81. The molecule has 0 bridgehead atoms. The molecule has 0 unspecified atom stereocenters. The van der Waals surface area contributed by atoms with Gasteiger partial charge in [0.2, 0.25) is 0 Å². The van der Waals surface area contributed by atoms with Crippen LogP contribution < -0.4 is 10.5 Å². The first-order valence-electron chi connectivity index (χ1n) is 4.89. The van der Waals surface area contributed by atoms with E-state index in [2.05, 4.69) is 6.58 Å². The van der Waals surface area contributed by atoms with E-state index in [1.807, 2.05) is 43.0 Å². The Kier molecular flexibility index (Phi) is 5.12. The van der Waals surface area contributed by atoms with Crippen LogP contribution in [-0.4, -0.2) is 18.1 Å². The van der Waals surface area contributed by atoms with Gasteiger partial charge in [0.15, 0.2) is 0 Å². The second-order valence-corrected chi connectivity index (χ2v) is 4.54. The molecule has 0 saturated heterocycles. The van der Waals surface area contributed by atoms with Gasteiger partial charge in [0.25, 0.3) is 0 Å². The predicted molar refractivity (Wildman–Crippen MR) is 68.5 cm³/mol. The molecule has 0 aromatic heterocycles.